The SMILES string of the molecule is COCCn1cnc2oc(C)c(C(=O)NCCCn3nc(C)c4ccccc43)c2c1=O. The highest BCUT2D eigenvalue weighted by atomic mass is 16.5. The van der Waals surface area contributed by atoms with Crippen molar-refractivity contribution in [3.05, 3.63) is 58.0 Å². The van der Waals surface area contributed by atoms with Gasteiger partial charge in [0.2, 0.25) is 5.71 Å². The summed E-state index contributed by atoms with van der Waals surface area (Å²) in [6.45, 7) is 5.48. The van der Waals surface area contributed by atoms with Crippen LogP contribution in [0.4, 0.5) is 0 Å². The molecular weight excluding hydrogens is 398 g/mol. The average molecular weight is 423 g/mol. The van der Waals surface area contributed by atoms with E-state index in [1.807, 2.05) is 29.8 Å². The van der Waals surface area contributed by atoms with E-state index in [-0.39, 0.29) is 28.1 Å². The van der Waals surface area contributed by atoms with Crippen LogP contribution in [-0.2, 0) is 17.8 Å². The number of benzene rings is 1. The Labute approximate surface area is 178 Å². The summed E-state index contributed by atoms with van der Waals surface area (Å²) in [4.78, 5) is 29.9. The van der Waals surface area contributed by atoms with E-state index in [0.29, 0.717) is 38.4 Å². The molecule has 0 saturated heterocycles. The molecule has 0 aliphatic carbocycles. The van der Waals surface area contributed by atoms with Gasteiger partial charge in [0, 0.05) is 25.6 Å². The Bertz CT molecular complexity index is 1300. The summed E-state index contributed by atoms with van der Waals surface area (Å²) < 4.78 is 14.0. The van der Waals surface area contributed by atoms with Crippen LogP contribution in [-0.4, -0.2) is 45.5 Å². The molecule has 0 saturated carbocycles. The second-order valence-corrected chi connectivity index (χ2v) is 7.38. The Morgan fingerprint density at radius 3 is 2.84 bits per heavy atom. The summed E-state index contributed by atoms with van der Waals surface area (Å²) in [6, 6.07) is 8.08. The molecule has 9 heteroatoms. The third-order valence-electron chi connectivity index (χ3n) is 5.29. The Kier molecular flexibility index (Phi) is 5.85. The fraction of sp³-hybridized carbons (Fsp3) is 0.364. The first kappa shape index (κ1) is 20.8. The standard InChI is InChI=1S/C22H25N5O4/c1-14-16-7-4-5-8-17(16)27(25-14)10-6-9-23-20(28)18-15(2)31-21-19(18)22(29)26(13-24-21)11-12-30-3/h4-5,7-8,13H,6,9-12H2,1-3H3,(H,23,28). The summed E-state index contributed by atoms with van der Waals surface area (Å²) in [5, 5.41) is 8.80. The van der Waals surface area contributed by atoms with Crippen molar-refractivity contribution in [2.75, 3.05) is 20.3 Å². The molecule has 0 spiro atoms. The number of nitrogens with zero attached hydrogens (tertiary/aromatic N) is 4. The Hall–Kier alpha value is -3.46. The van der Waals surface area contributed by atoms with Gasteiger partial charge in [-0.15, -0.1) is 0 Å². The van der Waals surface area contributed by atoms with Crippen molar-refractivity contribution in [2.45, 2.75) is 33.4 Å². The molecule has 1 aromatic carbocycles. The molecule has 31 heavy (non-hydrogen) atoms. The third-order valence-corrected chi connectivity index (χ3v) is 5.29. The first-order valence-electron chi connectivity index (χ1n) is 10.2. The maximum Gasteiger partial charge on any atom is 0.265 e. The number of ether oxygens (including phenoxy) is 1. The van der Waals surface area contributed by atoms with E-state index in [2.05, 4.69) is 21.5 Å². The van der Waals surface area contributed by atoms with Crippen LogP contribution in [0.5, 0.6) is 0 Å². The second-order valence-electron chi connectivity index (χ2n) is 7.38. The van der Waals surface area contributed by atoms with Crippen molar-refractivity contribution in [3.8, 4) is 0 Å². The van der Waals surface area contributed by atoms with Gasteiger partial charge in [-0.2, -0.15) is 5.10 Å². The zero-order valence-electron chi connectivity index (χ0n) is 17.8. The number of carbonyl (C=O) groups is 1. The quantitative estimate of drug-likeness (QED) is 0.437. The van der Waals surface area contributed by atoms with Crippen LogP contribution >= 0.6 is 0 Å². The lowest BCUT2D eigenvalue weighted by Gasteiger charge is -2.07. The zero-order valence-corrected chi connectivity index (χ0v) is 17.8. The molecule has 4 rings (SSSR count). The highest BCUT2D eigenvalue weighted by Gasteiger charge is 2.22. The molecule has 1 N–H and O–H groups in total. The van der Waals surface area contributed by atoms with Gasteiger partial charge in [0.15, 0.2) is 0 Å². The van der Waals surface area contributed by atoms with Crippen LogP contribution in [0.2, 0.25) is 0 Å². The Morgan fingerprint density at radius 1 is 1.23 bits per heavy atom. The Balaban J connectivity index is 1.47. The van der Waals surface area contributed by atoms with E-state index < -0.39 is 0 Å². The van der Waals surface area contributed by atoms with Gasteiger partial charge in [0.1, 0.15) is 17.5 Å². The maximum atomic E-state index is 12.9. The number of carbonyl (C=O) groups excluding carboxylic acids is 1. The Morgan fingerprint density at radius 2 is 2.03 bits per heavy atom. The van der Waals surface area contributed by atoms with Crippen LogP contribution < -0.4 is 10.9 Å². The van der Waals surface area contributed by atoms with E-state index in [9.17, 15) is 9.59 Å². The second kappa shape index (κ2) is 8.73. The molecule has 3 aromatic heterocycles. The van der Waals surface area contributed by atoms with Crippen LogP contribution in [0.15, 0.2) is 39.8 Å². The number of aromatic nitrogens is 4. The minimum absolute atomic E-state index is 0.166. The number of nitrogens with one attached hydrogen (secondary N) is 1. The number of furan rings is 1. The average Bonchev–Trinajstić information content (AvgIpc) is 3.27. The number of methoxy groups -OCH3 is 1. The van der Waals surface area contributed by atoms with Crippen molar-refractivity contribution in [1.29, 1.82) is 0 Å². The number of aryl methyl sites for hydroxylation is 3. The largest absolute Gasteiger partial charge is 0.442 e. The first-order chi connectivity index (χ1) is 15.0. The van der Waals surface area contributed by atoms with Crippen LogP contribution in [0.3, 0.4) is 0 Å². The molecule has 0 atom stereocenters. The third kappa shape index (κ3) is 3.96. The molecule has 9 nitrogen and oxygen atoms in total. The molecule has 0 aliphatic rings. The number of para-hydroxylation sites is 1. The van der Waals surface area contributed by atoms with Crippen LogP contribution in [0.25, 0.3) is 22.0 Å². The maximum absolute atomic E-state index is 12.9. The van der Waals surface area contributed by atoms with Gasteiger partial charge in [0.25, 0.3) is 11.5 Å². The van der Waals surface area contributed by atoms with Gasteiger partial charge in [-0.05, 0) is 26.3 Å². The summed E-state index contributed by atoms with van der Waals surface area (Å²) in [5.41, 5.74) is 2.14. The molecular formula is C22H25N5O4. The van der Waals surface area contributed by atoms with E-state index in [4.69, 9.17) is 9.15 Å². The predicted octanol–water partition coefficient (Wildman–Crippen LogP) is 2.42. The van der Waals surface area contributed by atoms with Gasteiger partial charge in [-0.3, -0.25) is 18.8 Å². The highest BCUT2D eigenvalue weighted by molar-refractivity contribution is 6.06. The van der Waals surface area contributed by atoms with Crippen molar-refractivity contribution in [2.24, 2.45) is 0 Å². The summed E-state index contributed by atoms with van der Waals surface area (Å²) >= 11 is 0. The smallest absolute Gasteiger partial charge is 0.265 e. The van der Waals surface area contributed by atoms with Gasteiger partial charge >= 0.3 is 0 Å². The molecule has 0 aliphatic heterocycles. The van der Waals surface area contributed by atoms with Crippen molar-refractivity contribution < 1.29 is 13.9 Å². The van der Waals surface area contributed by atoms with E-state index in [0.717, 1.165) is 16.6 Å². The summed E-state index contributed by atoms with van der Waals surface area (Å²) in [7, 11) is 1.56. The summed E-state index contributed by atoms with van der Waals surface area (Å²) in [5.74, 6) is 0.0245. The van der Waals surface area contributed by atoms with Gasteiger partial charge in [0.05, 0.1) is 29.9 Å². The molecule has 3 heterocycles. The molecule has 0 bridgehead atoms. The first-order valence-corrected chi connectivity index (χ1v) is 10.2. The molecule has 1 amide bonds. The lowest BCUT2D eigenvalue weighted by atomic mass is 10.1. The van der Waals surface area contributed by atoms with E-state index >= 15 is 0 Å². The zero-order chi connectivity index (χ0) is 22.0. The lowest BCUT2D eigenvalue weighted by molar-refractivity contribution is 0.0952. The van der Waals surface area contributed by atoms with Crippen molar-refractivity contribution >= 4 is 27.9 Å². The molecule has 162 valence electrons. The minimum Gasteiger partial charge on any atom is -0.442 e. The molecule has 0 radical (unpaired) electrons. The number of hydrogen-bond donors (Lipinski definition) is 1. The fourth-order valence-corrected chi connectivity index (χ4v) is 3.74. The molecule has 0 fully saturated rings. The normalized spacial score (nSPS) is 11.5. The van der Waals surface area contributed by atoms with E-state index in [1.165, 1.54) is 10.9 Å². The van der Waals surface area contributed by atoms with Gasteiger partial charge < -0.3 is 14.5 Å². The van der Waals surface area contributed by atoms with E-state index in [1.54, 1.807) is 14.0 Å². The van der Waals surface area contributed by atoms with Gasteiger partial charge in [-0.25, -0.2) is 4.98 Å². The minimum atomic E-state index is -0.346. The van der Waals surface area contributed by atoms with Crippen LogP contribution in [0.1, 0.15) is 28.2 Å². The molecule has 0 unspecified atom stereocenters. The van der Waals surface area contributed by atoms with Crippen LogP contribution in [0, 0.1) is 13.8 Å². The van der Waals surface area contributed by atoms with Crippen molar-refractivity contribution in [1.82, 2.24) is 24.6 Å². The highest BCUT2D eigenvalue weighted by Crippen LogP contribution is 2.21. The lowest BCUT2D eigenvalue weighted by Crippen LogP contribution is -2.28. The topological polar surface area (TPSA) is 104 Å². The fourth-order valence-electron chi connectivity index (χ4n) is 3.74. The number of fused-ring (bicyclic) bond motifs is 2. The number of hydrogen-bond acceptors (Lipinski definition) is 6. The predicted molar refractivity (Wildman–Crippen MR) is 116 cm³/mol. The molecule has 4 aromatic rings. The van der Waals surface area contributed by atoms with Crippen molar-refractivity contribution in [3.63, 3.8) is 0 Å². The van der Waals surface area contributed by atoms with Gasteiger partial charge in [-0.1, -0.05) is 18.2 Å². The number of amides is 1. The monoisotopic (exact) mass is 423 g/mol. The summed E-state index contributed by atoms with van der Waals surface area (Å²) in [6.07, 6.45) is 2.10. The number of rotatable bonds is 8.